The first kappa shape index (κ1) is 16.8. The molecule has 0 amide bonds. The third kappa shape index (κ3) is 4.98. The van der Waals surface area contributed by atoms with Crippen molar-refractivity contribution in [2.24, 2.45) is 4.99 Å². The third-order valence-corrected chi connectivity index (χ3v) is 3.37. The Morgan fingerprint density at radius 2 is 2.00 bits per heavy atom. The molecule has 0 bridgehead atoms. The number of aromatic nitrogens is 3. The molecule has 0 aliphatic heterocycles. The maximum Gasteiger partial charge on any atom is 0.191 e. The molecule has 7 nitrogen and oxygen atoms in total. The number of hydrogen-bond acceptors (Lipinski definition) is 4. The van der Waals surface area contributed by atoms with Crippen molar-refractivity contribution < 1.29 is 4.74 Å². The van der Waals surface area contributed by atoms with E-state index in [-0.39, 0.29) is 0 Å². The van der Waals surface area contributed by atoms with Gasteiger partial charge in [-0.25, -0.2) is 4.99 Å². The molecule has 0 radical (unpaired) electrons. The molecule has 0 atom stereocenters. The molecule has 1 heterocycles. The highest BCUT2D eigenvalue weighted by Crippen LogP contribution is 2.11. The highest BCUT2D eigenvalue weighted by Gasteiger charge is 2.04. The number of aliphatic imine (C=N–C) groups is 1. The number of methoxy groups -OCH3 is 1. The Bertz CT molecular complexity index is 620. The number of rotatable bonds is 7. The molecule has 0 unspecified atom stereocenters. The molecule has 0 aliphatic carbocycles. The van der Waals surface area contributed by atoms with Gasteiger partial charge in [0, 0.05) is 13.1 Å². The molecule has 0 saturated heterocycles. The summed E-state index contributed by atoms with van der Waals surface area (Å²) in [5.41, 5.74) is 1.12. The van der Waals surface area contributed by atoms with Gasteiger partial charge in [-0.1, -0.05) is 12.1 Å². The Labute approximate surface area is 136 Å². The molecule has 0 aliphatic rings. The van der Waals surface area contributed by atoms with Gasteiger partial charge < -0.3 is 19.9 Å². The molecular formula is C16H24N6O. The SMILES string of the molecule is CCNC(=NCc1ccc(OC)cc1)NCc1nncn1CC. The minimum Gasteiger partial charge on any atom is -0.497 e. The van der Waals surface area contributed by atoms with Crippen LogP contribution in [-0.4, -0.2) is 34.4 Å². The van der Waals surface area contributed by atoms with Gasteiger partial charge in [0.1, 0.15) is 12.1 Å². The molecule has 0 spiro atoms. The van der Waals surface area contributed by atoms with Gasteiger partial charge in [0.25, 0.3) is 0 Å². The summed E-state index contributed by atoms with van der Waals surface area (Å²) >= 11 is 0. The quantitative estimate of drug-likeness (QED) is 0.599. The van der Waals surface area contributed by atoms with E-state index in [0.717, 1.165) is 36.2 Å². The van der Waals surface area contributed by atoms with Crippen LogP contribution in [0.1, 0.15) is 25.2 Å². The average molecular weight is 316 g/mol. The number of nitrogens with zero attached hydrogens (tertiary/aromatic N) is 4. The molecule has 2 aromatic rings. The number of benzene rings is 1. The van der Waals surface area contributed by atoms with Crippen molar-refractivity contribution in [2.75, 3.05) is 13.7 Å². The second-order valence-corrected chi connectivity index (χ2v) is 4.93. The van der Waals surface area contributed by atoms with Gasteiger partial charge >= 0.3 is 0 Å². The fraction of sp³-hybridized carbons (Fsp3) is 0.438. The van der Waals surface area contributed by atoms with E-state index in [4.69, 9.17) is 4.74 Å². The first-order valence-electron chi connectivity index (χ1n) is 7.78. The third-order valence-electron chi connectivity index (χ3n) is 3.37. The van der Waals surface area contributed by atoms with E-state index < -0.39 is 0 Å². The van der Waals surface area contributed by atoms with Crippen LogP contribution in [0.4, 0.5) is 0 Å². The van der Waals surface area contributed by atoms with Gasteiger partial charge in [0.2, 0.25) is 0 Å². The maximum absolute atomic E-state index is 5.16. The summed E-state index contributed by atoms with van der Waals surface area (Å²) < 4.78 is 7.16. The summed E-state index contributed by atoms with van der Waals surface area (Å²) in [7, 11) is 1.66. The largest absolute Gasteiger partial charge is 0.497 e. The molecule has 1 aromatic carbocycles. The molecule has 23 heavy (non-hydrogen) atoms. The Balaban J connectivity index is 1.96. The average Bonchev–Trinajstić information content (AvgIpc) is 3.05. The molecule has 1 aromatic heterocycles. The zero-order valence-corrected chi connectivity index (χ0v) is 13.9. The Hall–Kier alpha value is -2.57. The normalized spacial score (nSPS) is 11.3. The standard InChI is InChI=1S/C16H24N6O/c1-4-17-16(19-11-15-21-20-12-22(15)5-2)18-10-13-6-8-14(23-3)9-7-13/h6-9,12H,4-5,10-11H2,1-3H3,(H2,17,18,19). The second-order valence-electron chi connectivity index (χ2n) is 4.93. The van der Waals surface area contributed by atoms with E-state index >= 15 is 0 Å². The smallest absolute Gasteiger partial charge is 0.191 e. The van der Waals surface area contributed by atoms with Gasteiger partial charge in [-0.2, -0.15) is 0 Å². The Morgan fingerprint density at radius 3 is 2.65 bits per heavy atom. The van der Waals surface area contributed by atoms with Crippen molar-refractivity contribution in [1.29, 1.82) is 0 Å². The van der Waals surface area contributed by atoms with Crippen LogP contribution >= 0.6 is 0 Å². The van der Waals surface area contributed by atoms with E-state index in [9.17, 15) is 0 Å². The monoisotopic (exact) mass is 316 g/mol. The summed E-state index contributed by atoms with van der Waals surface area (Å²) in [4.78, 5) is 4.59. The predicted octanol–water partition coefficient (Wildman–Crippen LogP) is 1.56. The highest BCUT2D eigenvalue weighted by atomic mass is 16.5. The summed E-state index contributed by atoms with van der Waals surface area (Å²) in [5.74, 6) is 2.50. The second kappa shape index (κ2) is 8.77. The lowest BCUT2D eigenvalue weighted by Gasteiger charge is -2.11. The summed E-state index contributed by atoms with van der Waals surface area (Å²) in [6, 6.07) is 7.91. The lowest BCUT2D eigenvalue weighted by molar-refractivity contribution is 0.414. The molecule has 7 heteroatoms. The van der Waals surface area contributed by atoms with Crippen molar-refractivity contribution in [3.05, 3.63) is 42.0 Å². The fourth-order valence-corrected chi connectivity index (χ4v) is 2.09. The van der Waals surface area contributed by atoms with Crippen LogP contribution in [-0.2, 0) is 19.6 Å². The predicted molar refractivity (Wildman–Crippen MR) is 90.3 cm³/mol. The van der Waals surface area contributed by atoms with Crippen LogP contribution in [0.5, 0.6) is 5.75 Å². The Morgan fingerprint density at radius 1 is 1.22 bits per heavy atom. The van der Waals surface area contributed by atoms with Crippen LogP contribution < -0.4 is 15.4 Å². The number of guanidine groups is 1. The van der Waals surface area contributed by atoms with Crippen LogP contribution in [0, 0.1) is 0 Å². The number of ether oxygens (including phenoxy) is 1. The first-order chi connectivity index (χ1) is 11.3. The van der Waals surface area contributed by atoms with Gasteiger partial charge in [0.05, 0.1) is 20.2 Å². The van der Waals surface area contributed by atoms with E-state index in [1.807, 2.05) is 35.8 Å². The summed E-state index contributed by atoms with van der Waals surface area (Å²) in [6.07, 6.45) is 1.73. The molecule has 2 N–H and O–H groups in total. The molecule has 0 saturated carbocycles. The number of aryl methyl sites for hydroxylation is 1. The van der Waals surface area contributed by atoms with Crippen molar-refractivity contribution >= 4 is 5.96 Å². The van der Waals surface area contributed by atoms with Crippen molar-refractivity contribution in [3.63, 3.8) is 0 Å². The molecule has 2 rings (SSSR count). The van der Waals surface area contributed by atoms with E-state index in [1.165, 1.54) is 0 Å². The number of nitrogens with one attached hydrogen (secondary N) is 2. The molecular weight excluding hydrogens is 292 g/mol. The maximum atomic E-state index is 5.16. The van der Waals surface area contributed by atoms with Crippen molar-refractivity contribution in [1.82, 2.24) is 25.4 Å². The van der Waals surface area contributed by atoms with E-state index in [2.05, 4.69) is 32.7 Å². The lowest BCUT2D eigenvalue weighted by atomic mass is 10.2. The van der Waals surface area contributed by atoms with Crippen LogP contribution in [0.25, 0.3) is 0 Å². The lowest BCUT2D eigenvalue weighted by Crippen LogP contribution is -2.37. The van der Waals surface area contributed by atoms with Gasteiger partial charge in [-0.15, -0.1) is 10.2 Å². The first-order valence-corrected chi connectivity index (χ1v) is 7.78. The van der Waals surface area contributed by atoms with Gasteiger partial charge in [0.15, 0.2) is 11.8 Å². The molecule has 0 fully saturated rings. The molecule has 124 valence electrons. The van der Waals surface area contributed by atoms with Crippen LogP contribution in [0.2, 0.25) is 0 Å². The Kier molecular flexibility index (Phi) is 6.40. The zero-order chi connectivity index (χ0) is 16.5. The van der Waals surface area contributed by atoms with Crippen molar-refractivity contribution in [3.8, 4) is 5.75 Å². The fourth-order valence-electron chi connectivity index (χ4n) is 2.09. The summed E-state index contributed by atoms with van der Waals surface area (Å²) in [6.45, 7) is 6.94. The number of hydrogen-bond donors (Lipinski definition) is 2. The highest BCUT2D eigenvalue weighted by molar-refractivity contribution is 5.79. The van der Waals surface area contributed by atoms with Crippen LogP contribution in [0.3, 0.4) is 0 Å². The zero-order valence-electron chi connectivity index (χ0n) is 13.9. The summed E-state index contributed by atoms with van der Waals surface area (Å²) in [5, 5.41) is 14.6. The van der Waals surface area contributed by atoms with Crippen LogP contribution in [0.15, 0.2) is 35.6 Å². The van der Waals surface area contributed by atoms with Gasteiger partial charge in [-0.3, -0.25) is 0 Å². The minimum atomic E-state index is 0.586. The van der Waals surface area contributed by atoms with E-state index in [1.54, 1.807) is 13.4 Å². The van der Waals surface area contributed by atoms with Gasteiger partial charge in [-0.05, 0) is 31.5 Å². The topological polar surface area (TPSA) is 76.4 Å². The van der Waals surface area contributed by atoms with Crippen molar-refractivity contribution in [2.45, 2.75) is 33.5 Å². The van der Waals surface area contributed by atoms with E-state index in [0.29, 0.717) is 13.1 Å². The minimum absolute atomic E-state index is 0.586.